The molecule has 92 valence electrons. The number of halogens is 1. The number of carbonyl (C=O) groups excluding carboxylic acids is 2. The topological polar surface area (TPSA) is 52.6 Å². The molecule has 0 aromatic carbocycles. The van der Waals surface area contributed by atoms with Crippen LogP contribution in [0.2, 0.25) is 0 Å². The molecule has 2 fully saturated rings. The summed E-state index contributed by atoms with van der Waals surface area (Å²) in [5.41, 5.74) is 0. The molecular weight excluding hydrogens is 432 g/mol. The minimum atomic E-state index is -0.273. The van der Waals surface area contributed by atoms with Crippen molar-refractivity contribution in [3.63, 3.8) is 0 Å². The maximum atomic E-state index is 10.9. The Morgan fingerprint density at radius 3 is 2.18 bits per heavy atom. The molecule has 0 aromatic heterocycles. The first-order chi connectivity index (χ1) is 7.06. The molecule has 2 aliphatic rings. The normalized spacial score (nSPS) is 33.3. The third-order valence-electron chi connectivity index (χ3n) is 3.09. The van der Waals surface area contributed by atoms with E-state index >= 15 is 0 Å². The van der Waals surface area contributed by atoms with E-state index in [2.05, 4.69) is 6.42 Å². The van der Waals surface area contributed by atoms with Crippen LogP contribution in [0.1, 0.15) is 26.7 Å². The van der Waals surface area contributed by atoms with Crippen molar-refractivity contribution in [1.29, 1.82) is 0 Å². The maximum Gasteiger partial charge on any atom is 1.00 e. The van der Waals surface area contributed by atoms with Gasteiger partial charge in [0.2, 0.25) is 0 Å². The van der Waals surface area contributed by atoms with Crippen LogP contribution in [0.5, 0.6) is 0 Å². The second-order valence-electron chi connectivity index (χ2n) is 4.31. The zero-order valence-electron chi connectivity index (χ0n) is 10.0. The van der Waals surface area contributed by atoms with Crippen molar-refractivity contribution in [2.45, 2.75) is 38.9 Å². The summed E-state index contributed by atoms with van der Waals surface area (Å²) in [7, 11) is 0. The van der Waals surface area contributed by atoms with Crippen LogP contribution in [0.3, 0.4) is 0 Å². The molecule has 0 N–H and O–H groups in total. The van der Waals surface area contributed by atoms with Gasteiger partial charge < -0.3 is 21.9 Å². The van der Waals surface area contributed by atoms with Crippen molar-refractivity contribution in [2.75, 3.05) is 0 Å². The molecule has 0 aliphatic heterocycles. The van der Waals surface area contributed by atoms with Gasteiger partial charge in [-0.2, -0.15) is 0 Å². The summed E-state index contributed by atoms with van der Waals surface area (Å²) in [6.45, 7) is 2.82. The summed E-state index contributed by atoms with van der Waals surface area (Å²) >= 11 is 0. The average molecular weight is 447 g/mol. The van der Waals surface area contributed by atoms with Crippen molar-refractivity contribution < 1.29 is 59.1 Å². The van der Waals surface area contributed by atoms with E-state index in [1.807, 2.05) is 0 Å². The van der Waals surface area contributed by atoms with Crippen LogP contribution < -0.4 is 12.4 Å². The fraction of sp³-hybridized carbons (Fsp3) is 0.727. The Labute approximate surface area is 128 Å². The quantitative estimate of drug-likeness (QED) is 0.367. The van der Waals surface area contributed by atoms with Gasteiger partial charge in [0.15, 0.2) is 0 Å². The van der Waals surface area contributed by atoms with E-state index in [0.29, 0.717) is 5.92 Å². The van der Waals surface area contributed by atoms with Gasteiger partial charge >= 0.3 is 39.6 Å². The molecule has 0 spiro atoms. The van der Waals surface area contributed by atoms with E-state index in [1.54, 1.807) is 0 Å². The van der Waals surface area contributed by atoms with Crippen LogP contribution in [0.4, 0.5) is 0 Å². The van der Waals surface area contributed by atoms with Crippen LogP contribution in [-0.2, 0) is 46.7 Å². The molecule has 17 heavy (non-hydrogen) atoms. The van der Waals surface area contributed by atoms with E-state index in [0.717, 1.165) is 12.8 Å². The minimum absolute atomic E-state index is 0. The molecule has 0 saturated heterocycles. The van der Waals surface area contributed by atoms with Gasteiger partial charge in [-0.1, -0.05) is 0 Å². The van der Waals surface area contributed by atoms with Crippen LogP contribution in [-0.4, -0.2) is 24.1 Å². The number of fused-ring (bicyclic) bond motifs is 2. The number of ether oxygens (including phenoxy) is 2. The SMILES string of the molecule is CC(=O)O[C@H]1[CH][C@H]2C[C@@H]1[C@H](OC(C)=O)C2.[Cl-].[Hg+]. The summed E-state index contributed by atoms with van der Waals surface area (Å²) in [6.07, 6.45) is 3.68. The predicted molar refractivity (Wildman–Crippen MR) is 51.6 cm³/mol. The second-order valence-corrected chi connectivity index (χ2v) is 4.31. The average Bonchev–Trinajstić information content (AvgIpc) is 2.59. The molecule has 6 heteroatoms. The Morgan fingerprint density at radius 1 is 1.12 bits per heavy atom. The van der Waals surface area contributed by atoms with E-state index in [9.17, 15) is 9.59 Å². The van der Waals surface area contributed by atoms with Gasteiger partial charge in [0.25, 0.3) is 0 Å². The number of hydrogen-bond acceptors (Lipinski definition) is 4. The third-order valence-corrected chi connectivity index (χ3v) is 3.09. The van der Waals surface area contributed by atoms with Gasteiger partial charge in [0.05, 0.1) is 0 Å². The van der Waals surface area contributed by atoms with Crippen molar-refractivity contribution in [1.82, 2.24) is 0 Å². The molecular formula is C11H15ClHgO4. The second kappa shape index (κ2) is 6.93. The van der Waals surface area contributed by atoms with Crippen LogP contribution >= 0.6 is 0 Å². The number of carbonyl (C=O) groups is 2. The van der Waals surface area contributed by atoms with E-state index < -0.39 is 0 Å². The predicted octanol–water partition coefficient (Wildman–Crippen LogP) is -1.90. The molecule has 2 rings (SSSR count). The molecule has 4 nitrogen and oxygen atoms in total. The third kappa shape index (κ3) is 4.09. The van der Waals surface area contributed by atoms with Crippen molar-refractivity contribution in [3.8, 4) is 0 Å². The smallest absolute Gasteiger partial charge is 1.00 e. The Kier molecular flexibility index (Phi) is 7.00. The molecule has 4 atom stereocenters. The van der Waals surface area contributed by atoms with Gasteiger partial charge in [0, 0.05) is 26.2 Å². The molecule has 0 heterocycles. The summed E-state index contributed by atoms with van der Waals surface area (Å²) in [6, 6.07) is 0. The Bertz CT molecular complexity index is 271. The molecule has 2 aliphatic carbocycles. The first kappa shape index (κ1) is 17.2. The zero-order valence-corrected chi connectivity index (χ0v) is 16.3. The van der Waals surface area contributed by atoms with Gasteiger partial charge in [-0.15, -0.1) is 0 Å². The van der Waals surface area contributed by atoms with E-state index in [1.165, 1.54) is 13.8 Å². The molecule has 2 saturated carbocycles. The fourth-order valence-electron chi connectivity index (χ4n) is 2.65. The molecule has 0 amide bonds. The monoisotopic (exact) mass is 448 g/mol. The standard InChI is InChI=1S/C11H15O4.ClH.Hg/c1-6(12)14-10-4-8-3-9(10)11(5-8)15-7(2)13;;/h4,8-11H,3,5H2,1-2H3;1H;/q;;+1/p-1/t8-,9+,10+,11-;;/m1../s1. The van der Waals surface area contributed by atoms with Crippen molar-refractivity contribution >= 4 is 11.9 Å². The minimum Gasteiger partial charge on any atom is -1.00 e. The van der Waals surface area contributed by atoms with E-state index in [-0.39, 0.29) is 70.1 Å². The first-order valence-electron chi connectivity index (χ1n) is 5.25. The molecule has 0 unspecified atom stereocenters. The summed E-state index contributed by atoms with van der Waals surface area (Å²) in [4.78, 5) is 21.7. The van der Waals surface area contributed by atoms with Crippen LogP contribution in [0.25, 0.3) is 0 Å². The number of hydrogen-bond donors (Lipinski definition) is 0. The Morgan fingerprint density at radius 2 is 1.71 bits per heavy atom. The molecule has 0 aromatic rings. The van der Waals surface area contributed by atoms with Gasteiger partial charge in [-0.05, 0) is 18.8 Å². The number of rotatable bonds is 2. The van der Waals surface area contributed by atoms with Gasteiger partial charge in [0.1, 0.15) is 12.2 Å². The summed E-state index contributed by atoms with van der Waals surface area (Å²) < 4.78 is 10.4. The molecule has 2 radical (unpaired) electrons. The summed E-state index contributed by atoms with van der Waals surface area (Å²) in [5.74, 6) is 0.0750. The van der Waals surface area contributed by atoms with Crippen molar-refractivity contribution in [2.24, 2.45) is 11.8 Å². The maximum absolute atomic E-state index is 10.9. The zero-order chi connectivity index (χ0) is 11.0. The first-order valence-corrected chi connectivity index (χ1v) is 5.25. The van der Waals surface area contributed by atoms with E-state index in [4.69, 9.17) is 9.47 Å². The fourth-order valence-corrected chi connectivity index (χ4v) is 2.65. The number of esters is 2. The van der Waals surface area contributed by atoms with Crippen LogP contribution in [0.15, 0.2) is 0 Å². The van der Waals surface area contributed by atoms with Crippen molar-refractivity contribution in [3.05, 3.63) is 6.42 Å². The molecule has 2 bridgehead atoms. The van der Waals surface area contributed by atoms with Gasteiger partial charge in [-0.25, -0.2) is 0 Å². The Balaban J connectivity index is 0.00000128. The largest absolute Gasteiger partial charge is 1.00 e. The van der Waals surface area contributed by atoms with Crippen LogP contribution in [0, 0.1) is 18.3 Å². The van der Waals surface area contributed by atoms with Gasteiger partial charge in [-0.3, -0.25) is 9.59 Å². The Hall–Kier alpha value is 0.165. The summed E-state index contributed by atoms with van der Waals surface area (Å²) in [5, 5.41) is 0.